The van der Waals surface area contributed by atoms with E-state index in [1.54, 1.807) is 18.2 Å². The summed E-state index contributed by atoms with van der Waals surface area (Å²) in [7, 11) is 0. The third-order valence-corrected chi connectivity index (χ3v) is 3.02. The number of furan rings is 1. The predicted molar refractivity (Wildman–Crippen MR) is 74.5 cm³/mol. The number of hydrogen-bond acceptors (Lipinski definition) is 4. The highest BCUT2D eigenvalue weighted by Crippen LogP contribution is 2.18. The molecule has 6 heteroatoms. The first-order chi connectivity index (χ1) is 9.56. The summed E-state index contributed by atoms with van der Waals surface area (Å²) in [6.45, 7) is 1.81. The monoisotopic (exact) mass is 294 g/mol. The van der Waals surface area contributed by atoms with Crippen LogP contribution in [0.5, 0.6) is 0 Å². The predicted octanol–water partition coefficient (Wildman–Crippen LogP) is 2.57. The lowest BCUT2D eigenvalue weighted by atomic mass is 10.1. The van der Waals surface area contributed by atoms with Crippen LogP contribution in [0.1, 0.15) is 35.6 Å². The fourth-order valence-corrected chi connectivity index (χ4v) is 2.02. The molecule has 0 spiro atoms. The molecule has 2 N–H and O–H groups in total. The highest BCUT2D eigenvalue weighted by atomic mass is 35.5. The van der Waals surface area contributed by atoms with Gasteiger partial charge in [-0.15, -0.1) is 0 Å². The van der Waals surface area contributed by atoms with Crippen LogP contribution in [0.4, 0.5) is 0 Å². The van der Waals surface area contributed by atoms with Gasteiger partial charge < -0.3 is 14.8 Å². The average molecular weight is 295 g/mol. The lowest BCUT2D eigenvalue weighted by molar-refractivity contribution is 0.0903. The number of aliphatic hydroxyl groups is 1. The SMILES string of the molecule is CC(CC(O)c1ccco1)NC(=O)c1ccnc(Cl)c1. The van der Waals surface area contributed by atoms with Crippen molar-refractivity contribution < 1.29 is 14.3 Å². The van der Waals surface area contributed by atoms with Crippen LogP contribution >= 0.6 is 11.6 Å². The van der Waals surface area contributed by atoms with E-state index in [4.69, 9.17) is 16.0 Å². The Labute approximate surface area is 121 Å². The van der Waals surface area contributed by atoms with Crippen molar-refractivity contribution in [3.63, 3.8) is 0 Å². The van der Waals surface area contributed by atoms with Crippen LogP contribution in [-0.4, -0.2) is 22.0 Å². The topological polar surface area (TPSA) is 75.4 Å². The van der Waals surface area contributed by atoms with Gasteiger partial charge in [0.05, 0.1) is 6.26 Å². The molecule has 2 aromatic heterocycles. The first-order valence-corrected chi connectivity index (χ1v) is 6.58. The van der Waals surface area contributed by atoms with E-state index in [2.05, 4.69) is 10.3 Å². The third kappa shape index (κ3) is 3.82. The summed E-state index contributed by atoms with van der Waals surface area (Å²) < 4.78 is 5.11. The minimum Gasteiger partial charge on any atom is -0.467 e. The summed E-state index contributed by atoms with van der Waals surface area (Å²) in [5.41, 5.74) is 0.435. The van der Waals surface area contributed by atoms with Crippen molar-refractivity contribution in [2.75, 3.05) is 0 Å². The minimum atomic E-state index is -0.749. The van der Waals surface area contributed by atoms with Gasteiger partial charge in [0, 0.05) is 24.2 Å². The fourth-order valence-electron chi connectivity index (χ4n) is 1.84. The molecule has 2 atom stereocenters. The van der Waals surface area contributed by atoms with Crippen molar-refractivity contribution in [3.8, 4) is 0 Å². The van der Waals surface area contributed by atoms with E-state index in [9.17, 15) is 9.90 Å². The number of carbonyl (C=O) groups is 1. The van der Waals surface area contributed by atoms with Gasteiger partial charge in [-0.3, -0.25) is 4.79 Å². The van der Waals surface area contributed by atoms with Gasteiger partial charge in [0.1, 0.15) is 17.0 Å². The van der Waals surface area contributed by atoms with Crippen molar-refractivity contribution in [1.82, 2.24) is 10.3 Å². The lowest BCUT2D eigenvalue weighted by Crippen LogP contribution is -2.33. The van der Waals surface area contributed by atoms with Crippen LogP contribution < -0.4 is 5.32 Å². The van der Waals surface area contributed by atoms with Gasteiger partial charge >= 0.3 is 0 Å². The molecule has 0 fully saturated rings. The number of nitrogens with zero attached hydrogens (tertiary/aromatic N) is 1. The summed E-state index contributed by atoms with van der Waals surface area (Å²) >= 11 is 5.73. The number of nitrogens with one attached hydrogen (secondary N) is 1. The summed E-state index contributed by atoms with van der Waals surface area (Å²) in [5.74, 6) is 0.228. The molecular weight excluding hydrogens is 280 g/mol. The zero-order valence-corrected chi connectivity index (χ0v) is 11.7. The lowest BCUT2D eigenvalue weighted by Gasteiger charge is -2.16. The molecule has 2 unspecified atom stereocenters. The number of carbonyl (C=O) groups excluding carboxylic acids is 1. The summed E-state index contributed by atoms with van der Waals surface area (Å²) in [6, 6.07) is 6.26. The first kappa shape index (κ1) is 14.6. The maximum Gasteiger partial charge on any atom is 0.251 e. The van der Waals surface area contributed by atoms with Crippen LogP contribution in [0.15, 0.2) is 41.1 Å². The van der Waals surface area contributed by atoms with Crippen LogP contribution in [-0.2, 0) is 0 Å². The van der Waals surface area contributed by atoms with Crippen molar-refractivity contribution in [2.45, 2.75) is 25.5 Å². The quantitative estimate of drug-likeness (QED) is 0.831. The van der Waals surface area contributed by atoms with E-state index < -0.39 is 6.10 Å². The molecule has 0 aliphatic carbocycles. The van der Waals surface area contributed by atoms with E-state index in [1.165, 1.54) is 18.5 Å². The molecule has 0 saturated carbocycles. The van der Waals surface area contributed by atoms with Gasteiger partial charge in [0.2, 0.25) is 0 Å². The minimum absolute atomic E-state index is 0.213. The fraction of sp³-hybridized carbons (Fsp3) is 0.286. The van der Waals surface area contributed by atoms with E-state index in [-0.39, 0.29) is 17.1 Å². The maximum atomic E-state index is 12.0. The molecule has 0 saturated heterocycles. The molecule has 0 bridgehead atoms. The highest BCUT2D eigenvalue weighted by Gasteiger charge is 2.17. The summed E-state index contributed by atoms with van der Waals surface area (Å²) in [5, 5.41) is 13.0. The second-order valence-corrected chi connectivity index (χ2v) is 4.90. The van der Waals surface area contributed by atoms with Crippen molar-refractivity contribution in [1.29, 1.82) is 0 Å². The molecule has 1 amide bonds. The molecule has 0 radical (unpaired) electrons. The number of aliphatic hydroxyl groups excluding tert-OH is 1. The van der Waals surface area contributed by atoms with Gasteiger partial charge in [0.25, 0.3) is 5.91 Å². The molecule has 0 aliphatic heterocycles. The smallest absolute Gasteiger partial charge is 0.251 e. The van der Waals surface area contributed by atoms with E-state index >= 15 is 0 Å². The molecule has 0 aliphatic rings. The van der Waals surface area contributed by atoms with E-state index in [0.29, 0.717) is 17.7 Å². The van der Waals surface area contributed by atoms with Gasteiger partial charge in [-0.2, -0.15) is 0 Å². The Morgan fingerprint density at radius 3 is 3.00 bits per heavy atom. The molecule has 106 valence electrons. The largest absolute Gasteiger partial charge is 0.467 e. The molecule has 2 heterocycles. The summed E-state index contributed by atoms with van der Waals surface area (Å²) in [4.78, 5) is 15.8. The normalized spacial score (nSPS) is 13.8. The van der Waals surface area contributed by atoms with Crippen molar-refractivity contribution >= 4 is 17.5 Å². The molecule has 2 aromatic rings. The number of pyridine rings is 1. The van der Waals surface area contributed by atoms with Crippen LogP contribution in [0.3, 0.4) is 0 Å². The molecule has 0 aromatic carbocycles. The first-order valence-electron chi connectivity index (χ1n) is 6.20. The van der Waals surface area contributed by atoms with Gasteiger partial charge in [-0.25, -0.2) is 4.98 Å². The van der Waals surface area contributed by atoms with Gasteiger partial charge in [-0.1, -0.05) is 11.6 Å². The Bertz CT molecular complexity index is 572. The van der Waals surface area contributed by atoms with Crippen molar-refractivity contribution in [3.05, 3.63) is 53.2 Å². The van der Waals surface area contributed by atoms with Gasteiger partial charge in [0.15, 0.2) is 0 Å². The Morgan fingerprint density at radius 1 is 1.55 bits per heavy atom. The zero-order valence-electron chi connectivity index (χ0n) is 10.9. The second-order valence-electron chi connectivity index (χ2n) is 4.51. The third-order valence-electron chi connectivity index (χ3n) is 2.81. The Balaban J connectivity index is 1.91. The number of rotatable bonds is 5. The van der Waals surface area contributed by atoms with Crippen molar-refractivity contribution in [2.24, 2.45) is 0 Å². The average Bonchev–Trinajstić information content (AvgIpc) is 2.92. The maximum absolute atomic E-state index is 12.0. The summed E-state index contributed by atoms with van der Waals surface area (Å²) in [6.07, 6.45) is 2.58. The Kier molecular flexibility index (Phi) is 4.76. The zero-order chi connectivity index (χ0) is 14.5. The number of amides is 1. The molecule has 2 rings (SSSR count). The number of aromatic nitrogens is 1. The van der Waals surface area contributed by atoms with Gasteiger partial charge in [-0.05, 0) is 31.2 Å². The molecule has 5 nitrogen and oxygen atoms in total. The molecule has 20 heavy (non-hydrogen) atoms. The van der Waals surface area contributed by atoms with E-state index in [1.807, 2.05) is 6.92 Å². The Morgan fingerprint density at radius 2 is 2.35 bits per heavy atom. The van der Waals surface area contributed by atoms with Crippen LogP contribution in [0, 0.1) is 0 Å². The number of hydrogen-bond donors (Lipinski definition) is 2. The standard InChI is InChI=1S/C14H15ClN2O3/c1-9(7-11(18)12-3-2-6-20-12)17-14(19)10-4-5-16-13(15)8-10/h2-6,8-9,11,18H,7H2,1H3,(H,17,19). The van der Waals surface area contributed by atoms with E-state index in [0.717, 1.165) is 0 Å². The number of halogens is 1. The Hall–Kier alpha value is -1.85. The molecular formula is C14H15ClN2O3. The highest BCUT2D eigenvalue weighted by molar-refractivity contribution is 6.29. The second kappa shape index (κ2) is 6.54. The van der Waals surface area contributed by atoms with Crippen LogP contribution in [0.25, 0.3) is 0 Å². The van der Waals surface area contributed by atoms with Crippen LogP contribution in [0.2, 0.25) is 5.15 Å².